The molecule has 0 aromatic carbocycles. The van der Waals surface area contributed by atoms with E-state index >= 15 is 0 Å². The van der Waals surface area contributed by atoms with Crippen LogP contribution in [-0.4, -0.2) is 22.3 Å². The van der Waals surface area contributed by atoms with Crippen LogP contribution >= 0.6 is 0 Å². The standard InChI is InChI=1S/C11H15F3N4/c12-11(13,14)8-3-4-9(18-17-8)16-10(7-15)5-1-2-6-10/h3-4H,1-2,5-7,15H2,(H,16,18). The van der Waals surface area contributed by atoms with Gasteiger partial charge in [-0.05, 0) is 25.0 Å². The molecule has 1 aromatic heterocycles. The van der Waals surface area contributed by atoms with Crippen LogP contribution in [0.1, 0.15) is 31.4 Å². The van der Waals surface area contributed by atoms with Crippen LogP contribution in [-0.2, 0) is 6.18 Å². The zero-order chi connectivity index (χ0) is 13.2. The summed E-state index contributed by atoms with van der Waals surface area (Å²) in [6.07, 6.45) is -0.501. The van der Waals surface area contributed by atoms with Crippen LogP contribution in [0.3, 0.4) is 0 Å². The first-order valence-corrected chi connectivity index (χ1v) is 5.84. The smallest absolute Gasteiger partial charge is 0.362 e. The Hall–Kier alpha value is -1.37. The van der Waals surface area contributed by atoms with E-state index < -0.39 is 11.9 Å². The fourth-order valence-electron chi connectivity index (χ4n) is 2.25. The summed E-state index contributed by atoms with van der Waals surface area (Å²) in [4.78, 5) is 0. The Kier molecular flexibility index (Phi) is 3.43. The van der Waals surface area contributed by atoms with Crippen molar-refractivity contribution < 1.29 is 13.2 Å². The van der Waals surface area contributed by atoms with E-state index in [9.17, 15) is 13.2 Å². The number of hydrogen-bond donors (Lipinski definition) is 2. The Morgan fingerprint density at radius 1 is 1.22 bits per heavy atom. The second-order valence-electron chi connectivity index (χ2n) is 4.62. The van der Waals surface area contributed by atoms with Crippen LogP contribution in [0.15, 0.2) is 12.1 Å². The summed E-state index contributed by atoms with van der Waals surface area (Å²) in [6.45, 7) is 0.440. The molecule has 1 fully saturated rings. The maximum absolute atomic E-state index is 12.3. The SMILES string of the molecule is NCC1(Nc2ccc(C(F)(F)F)nn2)CCCC1. The molecular formula is C11H15F3N4. The third-order valence-electron chi connectivity index (χ3n) is 3.30. The predicted octanol–water partition coefficient (Wildman–Crippen LogP) is 2.18. The molecule has 7 heteroatoms. The monoisotopic (exact) mass is 260 g/mol. The molecule has 0 unspecified atom stereocenters. The Morgan fingerprint density at radius 3 is 2.33 bits per heavy atom. The molecule has 3 N–H and O–H groups in total. The van der Waals surface area contributed by atoms with Gasteiger partial charge in [0.15, 0.2) is 5.69 Å². The number of hydrogen-bond acceptors (Lipinski definition) is 4. The van der Waals surface area contributed by atoms with E-state index in [2.05, 4.69) is 15.5 Å². The molecule has 4 nitrogen and oxygen atoms in total. The largest absolute Gasteiger partial charge is 0.435 e. The minimum absolute atomic E-state index is 0.242. The number of nitrogens with one attached hydrogen (secondary N) is 1. The van der Waals surface area contributed by atoms with E-state index in [1.807, 2.05) is 0 Å². The predicted molar refractivity (Wildman–Crippen MR) is 60.9 cm³/mol. The Balaban J connectivity index is 2.11. The van der Waals surface area contributed by atoms with Gasteiger partial charge in [-0.25, -0.2) is 0 Å². The molecule has 0 atom stereocenters. The molecule has 1 aliphatic rings. The molecule has 1 heterocycles. The maximum Gasteiger partial charge on any atom is 0.435 e. The van der Waals surface area contributed by atoms with Gasteiger partial charge in [-0.3, -0.25) is 0 Å². The van der Waals surface area contributed by atoms with Crippen LogP contribution in [0.2, 0.25) is 0 Å². The van der Waals surface area contributed by atoms with Gasteiger partial charge in [0.25, 0.3) is 0 Å². The van der Waals surface area contributed by atoms with Crippen LogP contribution < -0.4 is 11.1 Å². The van der Waals surface area contributed by atoms with Gasteiger partial charge in [-0.2, -0.15) is 13.2 Å². The third kappa shape index (κ3) is 2.72. The lowest BCUT2D eigenvalue weighted by molar-refractivity contribution is -0.141. The van der Waals surface area contributed by atoms with Crippen molar-refractivity contribution in [1.29, 1.82) is 0 Å². The highest BCUT2D eigenvalue weighted by molar-refractivity contribution is 5.37. The highest BCUT2D eigenvalue weighted by Crippen LogP contribution is 2.32. The van der Waals surface area contributed by atoms with Crippen molar-refractivity contribution in [3.63, 3.8) is 0 Å². The van der Waals surface area contributed by atoms with E-state index in [4.69, 9.17) is 5.73 Å². The summed E-state index contributed by atoms with van der Waals surface area (Å²) in [6, 6.07) is 2.22. The number of aromatic nitrogens is 2. The average Bonchev–Trinajstić information content (AvgIpc) is 2.78. The van der Waals surface area contributed by atoms with Gasteiger partial charge in [0.05, 0.1) is 5.54 Å². The molecule has 1 aromatic rings. The zero-order valence-electron chi connectivity index (χ0n) is 9.80. The van der Waals surface area contributed by atoms with E-state index in [0.717, 1.165) is 31.7 Å². The normalized spacial score (nSPS) is 18.9. The van der Waals surface area contributed by atoms with Crippen molar-refractivity contribution in [3.05, 3.63) is 17.8 Å². The lowest BCUT2D eigenvalue weighted by atomic mass is 9.98. The Labute approximate surface area is 103 Å². The van der Waals surface area contributed by atoms with E-state index in [1.54, 1.807) is 0 Å². The van der Waals surface area contributed by atoms with Gasteiger partial charge >= 0.3 is 6.18 Å². The van der Waals surface area contributed by atoms with Gasteiger partial charge in [0.1, 0.15) is 5.82 Å². The van der Waals surface area contributed by atoms with Gasteiger partial charge in [0, 0.05) is 6.54 Å². The molecular weight excluding hydrogens is 245 g/mol. The number of halogens is 3. The molecule has 1 saturated carbocycles. The zero-order valence-corrected chi connectivity index (χ0v) is 9.80. The van der Waals surface area contributed by atoms with Gasteiger partial charge in [0.2, 0.25) is 0 Å². The van der Waals surface area contributed by atoms with Crippen molar-refractivity contribution in [3.8, 4) is 0 Å². The van der Waals surface area contributed by atoms with Gasteiger partial charge < -0.3 is 11.1 Å². The first-order chi connectivity index (χ1) is 8.45. The van der Waals surface area contributed by atoms with Crippen molar-refractivity contribution in [2.24, 2.45) is 5.73 Å². The first kappa shape index (κ1) is 13.1. The minimum atomic E-state index is -4.45. The summed E-state index contributed by atoms with van der Waals surface area (Å²) in [5.74, 6) is 0.343. The van der Waals surface area contributed by atoms with E-state index in [0.29, 0.717) is 12.4 Å². The fraction of sp³-hybridized carbons (Fsp3) is 0.636. The topological polar surface area (TPSA) is 63.8 Å². The highest BCUT2D eigenvalue weighted by atomic mass is 19.4. The summed E-state index contributed by atoms with van der Waals surface area (Å²) in [5, 5.41) is 9.86. The van der Waals surface area contributed by atoms with E-state index in [1.165, 1.54) is 6.07 Å². The number of nitrogens with two attached hydrogens (primary N) is 1. The van der Waals surface area contributed by atoms with Gasteiger partial charge in [-0.15, -0.1) is 10.2 Å². The van der Waals surface area contributed by atoms with Gasteiger partial charge in [-0.1, -0.05) is 12.8 Å². The molecule has 0 amide bonds. The molecule has 18 heavy (non-hydrogen) atoms. The van der Waals surface area contributed by atoms with Crippen molar-refractivity contribution >= 4 is 5.82 Å². The first-order valence-electron chi connectivity index (χ1n) is 5.84. The summed E-state index contributed by atoms with van der Waals surface area (Å²) in [5.41, 5.74) is 4.50. The summed E-state index contributed by atoms with van der Waals surface area (Å²) >= 11 is 0. The maximum atomic E-state index is 12.3. The van der Waals surface area contributed by atoms with Crippen LogP contribution in [0, 0.1) is 0 Å². The second kappa shape index (κ2) is 4.72. The lowest BCUT2D eigenvalue weighted by Crippen LogP contribution is -2.43. The molecule has 2 rings (SSSR count). The second-order valence-corrected chi connectivity index (χ2v) is 4.62. The Morgan fingerprint density at radius 2 is 1.89 bits per heavy atom. The summed E-state index contributed by atoms with van der Waals surface area (Å²) in [7, 11) is 0. The Bertz CT molecular complexity index is 396. The van der Waals surface area contributed by atoms with E-state index in [-0.39, 0.29) is 5.54 Å². The molecule has 0 bridgehead atoms. The molecule has 100 valence electrons. The molecule has 0 saturated heterocycles. The van der Waals surface area contributed by atoms with Crippen molar-refractivity contribution in [2.75, 3.05) is 11.9 Å². The minimum Gasteiger partial charge on any atom is -0.362 e. The number of rotatable bonds is 3. The van der Waals surface area contributed by atoms with Crippen molar-refractivity contribution in [1.82, 2.24) is 10.2 Å². The van der Waals surface area contributed by atoms with Crippen LogP contribution in [0.4, 0.5) is 19.0 Å². The molecule has 1 aliphatic carbocycles. The van der Waals surface area contributed by atoms with Crippen LogP contribution in [0.25, 0.3) is 0 Å². The molecule has 0 aliphatic heterocycles. The molecule has 0 spiro atoms. The average molecular weight is 260 g/mol. The summed E-state index contributed by atoms with van der Waals surface area (Å²) < 4.78 is 37.0. The lowest BCUT2D eigenvalue weighted by Gasteiger charge is -2.29. The number of anilines is 1. The third-order valence-corrected chi connectivity index (χ3v) is 3.30. The fourth-order valence-corrected chi connectivity index (χ4v) is 2.25. The number of nitrogens with zero attached hydrogens (tertiary/aromatic N) is 2. The number of alkyl halides is 3. The van der Waals surface area contributed by atoms with Crippen molar-refractivity contribution in [2.45, 2.75) is 37.4 Å². The van der Waals surface area contributed by atoms with Crippen LogP contribution in [0.5, 0.6) is 0 Å². The molecule has 0 radical (unpaired) electrons. The highest BCUT2D eigenvalue weighted by Gasteiger charge is 2.34. The quantitative estimate of drug-likeness (QED) is 0.874.